The maximum Gasteiger partial charge on any atom is 0.0253 e. The van der Waals surface area contributed by atoms with Crippen LogP contribution in [0.4, 0.5) is 0 Å². The fraction of sp³-hybridized carbons (Fsp3) is 1.00. The number of likely N-dealkylation sites (tertiary alicyclic amines) is 1. The van der Waals surface area contributed by atoms with Crippen molar-refractivity contribution in [2.45, 2.75) is 51.2 Å². The fourth-order valence-corrected chi connectivity index (χ4v) is 2.83. The van der Waals surface area contributed by atoms with Gasteiger partial charge in [0.05, 0.1) is 0 Å². The molecule has 2 bridgehead atoms. The van der Waals surface area contributed by atoms with Gasteiger partial charge in [0.25, 0.3) is 0 Å². The predicted molar refractivity (Wildman–Crippen MR) is 50.9 cm³/mol. The van der Waals surface area contributed by atoms with Crippen LogP contribution in [0.2, 0.25) is 0 Å². The fourth-order valence-electron chi connectivity index (χ4n) is 2.83. The monoisotopic (exact) mass is 168 g/mol. The van der Waals surface area contributed by atoms with Crippen LogP contribution in [0.1, 0.15) is 33.1 Å². The van der Waals surface area contributed by atoms with Crippen LogP contribution in [0.3, 0.4) is 0 Å². The van der Waals surface area contributed by atoms with E-state index < -0.39 is 0 Å². The minimum Gasteiger partial charge on any atom is -0.326 e. The van der Waals surface area contributed by atoms with Crippen molar-refractivity contribution in [1.82, 2.24) is 4.90 Å². The molecule has 12 heavy (non-hydrogen) atoms. The third-order valence-electron chi connectivity index (χ3n) is 3.54. The molecule has 0 radical (unpaired) electrons. The van der Waals surface area contributed by atoms with E-state index in [1.165, 1.54) is 25.8 Å². The second-order valence-corrected chi connectivity index (χ2v) is 4.70. The van der Waals surface area contributed by atoms with E-state index in [2.05, 4.69) is 18.7 Å². The summed E-state index contributed by atoms with van der Waals surface area (Å²) < 4.78 is 0. The zero-order chi connectivity index (χ0) is 8.72. The topological polar surface area (TPSA) is 29.3 Å². The SMILES string of the molecule is CC(C)N1CC2CCC(N)C1C2. The number of hydrogen-bond acceptors (Lipinski definition) is 2. The van der Waals surface area contributed by atoms with Gasteiger partial charge in [0.15, 0.2) is 0 Å². The molecule has 3 atom stereocenters. The minimum atomic E-state index is 0.450. The molecule has 0 amide bonds. The highest BCUT2D eigenvalue weighted by molar-refractivity contribution is 4.97. The average Bonchev–Trinajstić information content (AvgIpc) is 2.37. The summed E-state index contributed by atoms with van der Waals surface area (Å²) in [6.07, 6.45) is 3.97. The molecular formula is C10H20N2. The van der Waals surface area contributed by atoms with Crippen molar-refractivity contribution < 1.29 is 0 Å². The summed E-state index contributed by atoms with van der Waals surface area (Å²) in [6.45, 7) is 5.87. The molecule has 1 heterocycles. The minimum absolute atomic E-state index is 0.450. The quantitative estimate of drug-likeness (QED) is 0.637. The number of hydrogen-bond donors (Lipinski definition) is 1. The highest BCUT2D eigenvalue weighted by Crippen LogP contribution is 2.35. The lowest BCUT2D eigenvalue weighted by atomic mass is 9.87. The zero-order valence-corrected chi connectivity index (χ0v) is 8.16. The highest BCUT2D eigenvalue weighted by atomic mass is 15.2. The summed E-state index contributed by atoms with van der Waals surface area (Å²) in [6, 6.07) is 1.83. The summed E-state index contributed by atoms with van der Waals surface area (Å²) in [5.74, 6) is 0.956. The first-order valence-electron chi connectivity index (χ1n) is 5.20. The van der Waals surface area contributed by atoms with E-state index in [9.17, 15) is 0 Å². The normalized spacial score (nSPS) is 42.5. The van der Waals surface area contributed by atoms with Crippen molar-refractivity contribution in [1.29, 1.82) is 0 Å². The van der Waals surface area contributed by atoms with E-state index in [1.54, 1.807) is 0 Å². The van der Waals surface area contributed by atoms with E-state index >= 15 is 0 Å². The molecule has 1 aliphatic heterocycles. The van der Waals surface area contributed by atoms with Crippen LogP contribution in [-0.4, -0.2) is 29.6 Å². The molecule has 2 rings (SSSR count). The lowest BCUT2D eigenvalue weighted by Gasteiger charge is -2.32. The van der Waals surface area contributed by atoms with Crippen molar-refractivity contribution in [3.8, 4) is 0 Å². The van der Waals surface area contributed by atoms with Gasteiger partial charge in [-0.3, -0.25) is 4.90 Å². The van der Waals surface area contributed by atoms with Crippen LogP contribution in [0.25, 0.3) is 0 Å². The first-order valence-corrected chi connectivity index (χ1v) is 5.20. The Labute approximate surface area is 75.1 Å². The Morgan fingerprint density at radius 1 is 1.33 bits per heavy atom. The van der Waals surface area contributed by atoms with Crippen LogP contribution < -0.4 is 5.73 Å². The van der Waals surface area contributed by atoms with E-state index in [4.69, 9.17) is 5.73 Å². The van der Waals surface area contributed by atoms with Crippen LogP contribution >= 0.6 is 0 Å². The molecule has 1 saturated carbocycles. The molecule has 0 aromatic carbocycles. The third kappa shape index (κ3) is 1.27. The van der Waals surface area contributed by atoms with Gasteiger partial charge in [-0.05, 0) is 39.0 Å². The summed E-state index contributed by atoms with van der Waals surface area (Å²) in [4.78, 5) is 2.60. The van der Waals surface area contributed by atoms with Crippen LogP contribution in [0.5, 0.6) is 0 Å². The first-order chi connectivity index (χ1) is 5.68. The zero-order valence-electron chi connectivity index (χ0n) is 8.16. The van der Waals surface area contributed by atoms with Crippen molar-refractivity contribution in [2.75, 3.05) is 6.54 Å². The van der Waals surface area contributed by atoms with Crippen LogP contribution in [0.15, 0.2) is 0 Å². The number of nitrogens with zero attached hydrogens (tertiary/aromatic N) is 1. The number of fused-ring (bicyclic) bond motifs is 2. The second kappa shape index (κ2) is 3.00. The smallest absolute Gasteiger partial charge is 0.0253 e. The van der Waals surface area contributed by atoms with Crippen molar-refractivity contribution in [3.63, 3.8) is 0 Å². The molecular weight excluding hydrogens is 148 g/mol. The molecule has 2 heteroatoms. The Balaban J connectivity index is 2.09. The first kappa shape index (κ1) is 8.52. The molecule has 3 unspecified atom stereocenters. The molecule has 70 valence electrons. The van der Waals surface area contributed by atoms with Gasteiger partial charge in [0, 0.05) is 24.7 Å². The van der Waals surface area contributed by atoms with Crippen molar-refractivity contribution in [2.24, 2.45) is 11.7 Å². The Bertz CT molecular complexity index is 167. The van der Waals surface area contributed by atoms with Gasteiger partial charge in [-0.2, -0.15) is 0 Å². The molecule has 2 N–H and O–H groups in total. The molecule has 2 fully saturated rings. The molecule has 2 aliphatic rings. The Morgan fingerprint density at radius 3 is 2.75 bits per heavy atom. The highest BCUT2D eigenvalue weighted by Gasteiger charge is 2.40. The Morgan fingerprint density at radius 2 is 2.08 bits per heavy atom. The van der Waals surface area contributed by atoms with Crippen molar-refractivity contribution >= 4 is 0 Å². The summed E-state index contributed by atoms with van der Waals surface area (Å²) in [5.41, 5.74) is 6.10. The van der Waals surface area contributed by atoms with Gasteiger partial charge in [0.2, 0.25) is 0 Å². The van der Waals surface area contributed by atoms with Crippen LogP contribution in [-0.2, 0) is 0 Å². The number of rotatable bonds is 1. The van der Waals surface area contributed by atoms with Gasteiger partial charge in [0.1, 0.15) is 0 Å². The van der Waals surface area contributed by atoms with Crippen LogP contribution in [0, 0.1) is 5.92 Å². The van der Waals surface area contributed by atoms with E-state index in [1.807, 2.05) is 0 Å². The Hall–Kier alpha value is -0.0800. The molecule has 2 nitrogen and oxygen atoms in total. The van der Waals surface area contributed by atoms with Gasteiger partial charge < -0.3 is 5.73 Å². The van der Waals surface area contributed by atoms with E-state index in [0.29, 0.717) is 18.1 Å². The van der Waals surface area contributed by atoms with Gasteiger partial charge in [-0.25, -0.2) is 0 Å². The number of nitrogens with two attached hydrogens (primary N) is 1. The van der Waals surface area contributed by atoms with Gasteiger partial charge in [-0.1, -0.05) is 0 Å². The van der Waals surface area contributed by atoms with Crippen molar-refractivity contribution in [3.05, 3.63) is 0 Å². The lowest BCUT2D eigenvalue weighted by molar-refractivity contribution is 0.181. The average molecular weight is 168 g/mol. The molecule has 0 spiro atoms. The molecule has 1 aliphatic carbocycles. The maximum absolute atomic E-state index is 6.10. The summed E-state index contributed by atoms with van der Waals surface area (Å²) >= 11 is 0. The standard InChI is InChI=1S/C10H20N2/c1-7(2)12-6-8-3-4-9(11)10(12)5-8/h7-10H,3-6,11H2,1-2H3. The lowest BCUT2D eigenvalue weighted by Crippen LogP contribution is -2.46. The van der Waals surface area contributed by atoms with E-state index in [-0.39, 0.29) is 0 Å². The Kier molecular flexibility index (Phi) is 2.13. The summed E-state index contributed by atoms with van der Waals surface area (Å²) in [7, 11) is 0. The molecule has 0 aromatic rings. The second-order valence-electron chi connectivity index (χ2n) is 4.70. The maximum atomic E-state index is 6.10. The molecule has 1 saturated heterocycles. The largest absolute Gasteiger partial charge is 0.326 e. The van der Waals surface area contributed by atoms with Gasteiger partial charge in [-0.15, -0.1) is 0 Å². The van der Waals surface area contributed by atoms with E-state index in [0.717, 1.165) is 5.92 Å². The van der Waals surface area contributed by atoms with Gasteiger partial charge >= 0.3 is 0 Å². The molecule has 0 aromatic heterocycles. The summed E-state index contributed by atoms with van der Waals surface area (Å²) in [5, 5.41) is 0. The predicted octanol–water partition coefficient (Wildman–Crippen LogP) is 1.21. The third-order valence-corrected chi connectivity index (χ3v) is 3.54.